The van der Waals surface area contributed by atoms with E-state index in [-0.39, 0.29) is 24.0 Å². The van der Waals surface area contributed by atoms with Crippen molar-refractivity contribution in [2.24, 2.45) is 4.99 Å². The van der Waals surface area contributed by atoms with Gasteiger partial charge in [0.25, 0.3) is 0 Å². The molecule has 0 amide bonds. The minimum absolute atomic E-state index is 0. The molecule has 1 heterocycles. The second kappa shape index (κ2) is 9.35. The average Bonchev–Trinajstić information content (AvgIpc) is 2.51. The number of hydrogen-bond donors (Lipinski definition) is 0. The van der Waals surface area contributed by atoms with Gasteiger partial charge >= 0.3 is 0 Å². The molecule has 0 aromatic heterocycles. The Morgan fingerprint density at radius 3 is 2.18 bits per heavy atom. The molecule has 0 radical (unpaired) electrons. The average molecular weight is 416 g/mol. The number of aliphatic imine (C=N–C) groups is 1. The summed E-state index contributed by atoms with van der Waals surface area (Å²) in [5.41, 5.74) is 1.44. The lowest BCUT2D eigenvalue weighted by Gasteiger charge is -2.41. The van der Waals surface area contributed by atoms with Gasteiger partial charge in [0.05, 0.1) is 0 Å². The first kappa shape index (κ1) is 19.2. The van der Waals surface area contributed by atoms with Crippen LogP contribution in [0.3, 0.4) is 0 Å². The molecule has 124 valence electrons. The van der Waals surface area contributed by atoms with Crippen molar-refractivity contribution in [3.8, 4) is 0 Å². The second-order valence-corrected chi connectivity index (χ2v) is 5.78. The maximum Gasteiger partial charge on any atom is 0.195 e. The molecule has 1 aromatic carbocycles. The van der Waals surface area contributed by atoms with E-state index in [4.69, 9.17) is 0 Å². The molecule has 1 aromatic rings. The predicted octanol–water partition coefficient (Wildman–Crippen LogP) is 2.92. The lowest BCUT2D eigenvalue weighted by Crippen LogP contribution is -2.52. The second-order valence-electron chi connectivity index (χ2n) is 5.78. The Kier molecular flexibility index (Phi) is 8.17. The molecule has 1 fully saturated rings. The van der Waals surface area contributed by atoms with Crippen LogP contribution in [-0.2, 0) is 0 Å². The van der Waals surface area contributed by atoms with Gasteiger partial charge in [-0.2, -0.15) is 0 Å². The molecule has 1 saturated heterocycles. The maximum absolute atomic E-state index is 4.41. The van der Waals surface area contributed by atoms with E-state index in [9.17, 15) is 0 Å². The fourth-order valence-electron chi connectivity index (χ4n) is 3.24. The number of hydrogen-bond acceptors (Lipinski definition) is 2. The molecule has 0 aliphatic carbocycles. The summed E-state index contributed by atoms with van der Waals surface area (Å²) >= 11 is 0. The minimum Gasteiger partial charge on any atom is -0.349 e. The van der Waals surface area contributed by atoms with Crippen molar-refractivity contribution < 1.29 is 0 Å². The van der Waals surface area contributed by atoms with Gasteiger partial charge in [0, 0.05) is 53.4 Å². The smallest absolute Gasteiger partial charge is 0.195 e. The molecule has 0 saturated carbocycles. The Hall–Kier alpha value is -0.820. The molecule has 0 N–H and O–H groups in total. The van der Waals surface area contributed by atoms with Crippen molar-refractivity contribution >= 4 is 29.9 Å². The third-order valence-corrected chi connectivity index (χ3v) is 4.21. The lowest BCUT2D eigenvalue weighted by atomic mass is 10.0. The number of rotatable bonds is 3. The topological polar surface area (TPSA) is 22.1 Å². The first-order valence-corrected chi connectivity index (χ1v) is 7.85. The molecular formula is C17H29IN4. The number of halogens is 1. The summed E-state index contributed by atoms with van der Waals surface area (Å²) in [4.78, 5) is 11.5. The minimum atomic E-state index is 0. The van der Waals surface area contributed by atoms with E-state index in [0.29, 0.717) is 6.04 Å². The first-order chi connectivity index (χ1) is 10.2. The van der Waals surface area contributed by atoms with Crippen LogP contribution in [-0.4, -0.2) is 68.0 Å². The molecule has 0 spiro atoms. The van der Waals surface area contributed by atoms with Gasteiger partial charge in [-0.3, -0.25) is 9.89 Å². The van der Waals surface area contributed by atoms with Crippen LogP contribution in [0.1, 0.15) is 24.9 Å². The van der Waals surface area contributed by atoms with E-state index in [1.54, 1.807) is 0 Å². The number of benzene rings is 1. The standard InChI is InChI=1S/C17H28N4.HI/c1-5-16(15-9-7-6-8-10-15)20-11-13-21(14-12-20)17(18-2)19(3)4;/h6-10,16H,5,11-14H2,1-4H3;1H. The summed E-state index contributed by atoms with van der Waals surface area (Å²) in [5, 5.41) is 0. The molecule has 1 atom stereocenters. The summed E-state index contributed by atoms with van der Waals surface area (Å²) in [6.07, 6.45) is 1.16. The van der Waals surface area contributed by atoms with Crippen LogP contribution in [0.25, 0.3) is 0 Å². The van der Waals surface area contributed by atoms with Gasteiger partial charge in [-0.1, -0.05) is 37.3 Å². The molecule has 22 heavy (non-hydrogen) atoms. The molecule has 4 nitrogen and oxygen atoms in total. The quantitative estimate of drug-likeness (QED) is 0.430. The van der Waals surface area contributed by atoms with Crippen LogP contribution >= 0.6 is 24.0 Å². The molecule has 5 heteroatoms. The zero-order valence-electron chi connectivity index (χ0n) is 14.2. The zero-order valence-corrected chi connectivity index (χ0v) is 16.5. The highest BCUT2D eigenvalue weighted by Crippen LogP contribution is 2.25. The summed E-state index contributed by atoms with van der Waals surface area (Å²) in [6.45, 7) is 6.58. The monoisotopic (exact) mass is 416 g/mol. The van der Waals surface area contributed by atoms with Crippen molar-refractivity contribution in [1.29, 1.82) is 0 Å². The first-order valence-electron chi connectivity index (χ1n) is 7.85. The van der Waals surface area contributed by atoms with Gasteiger partial charge < -0.3 is 9.80 Å². The molecule has 1 aliphatic rings. The van der Waals surface area contributed by atoms with Gasteiger partial charge in [0.1, 0.15) is 0 Å². The summed E-state index contributed by atoms with van der Waals surface area (Å²) in [6, 6.07) is 11.4. The summed E-state index contributed by atoms with van der Waals surface area (Å²) in [7, 11) is 6.00. The van der Waals surface area contributed by atoms with Crippen molar-refractivity contribution in [2.45, 2.75) is 19.4 Å². The molecule has 1 aliphatic heterocycles. The van der Waals surface area contributed by atoms with Crippen LogP contribution in [0.15, 0.2) is 35.3 Å². The van der Waals surface area contributed by atoms with Crippen LogP contribution in [0, 0.1) is 0 Å². The largest absolute Gasteiger partial charge is 0.349 e. The Labute approximate surface area is 152 Å². The van der Waals surface area contributed by atoms with E-state index in [1.165, 1.54) is 5.56 Å². The lowest BCUT2D eigenvalue weighted by molar-refractivity contribution is 0.123. The Balaban J connectivity index is 0.00000242. The van der Waals surface area contributed by atoms with Crippen molar-refractivity contribution in [3.63, 3.8) is 0 Å². The van der Waals surface area contributed by atoms with Crippen LogP contribution in [0.5, 0.6) is 0 Å². The fourth-order valence-corrected chi connectivity index (χ4v) is 3.24. The molecular weight excluding hydrogens is 387 g/mol. The highest BCUT2D eigenvalue weighted by atomic mass is 127. The summed E-state index contributed by atoms with van der Waals surface area (Å²) in [5.74, 6) is 1.09. The van der Waals surface area contributed by atoms with Crippen LogP contribution in [0.2, 0.25) is 0 Å². The van der Waals surface area contributed by atoms with E-state index in [1.807, 2.05) is 7.05 Å². The van der Waals surface area contributed by atoms with E-state index in [2.05, 4.69) is 71.0 Å². The predicted molar refractivity (Wildman–Crippen MR) is 105 cm³/mol. The normalized spacial score (nSPS) is 17.8. The molecule has 0 bridgehead atoms. The Bertz CT molecular complexity index is 453. The fraction of sp³-hybridized carbons (Fsp3) is 0.588. The highest BCUT2D eigenvalue weighted by Gasteiger charge is 2.25. The van der Waals surface area contributed by atoms with Gasteiger partial charge in [-0.15, -0.1) is 24.0 Å². The summed E-state index contributed by atoms with van der Waals surface area (Å²) < 4.78 is 0. The number of nitrogens with zero attached hydrogens (tertiary/aromatic N) is 4. The van der Waals surface area contributed by atoms with Gasteiger partial charge in [-0.05, 0) is 12.0 Å². The molecule has 1 unspecified atom stereocenters. The SMILES string of the molecule is CCC(c1ccccc1)N1CCN(C(=NC)N(C)C)CC1.I. The van der Waals surface area contributed by atoms with Gasteiger partial charge in [-0.25, -0.2) is 0 Å². The third-order valence-electron chi connectivity index (χ3n) is 4.21. The van der Waals surface area contributed by atoms with E-state index >= 15 is 0 Å². The zero-order chi connectivity index (χ0) is 15.2. The van der Waals surface area contributed by atoms with E-state index < -0.39 is 0 Å². The molecule has 2 rings (SSSR count). The Morgan fingerprint density at radius 1 is 1.14 bits per heavy atom. The highest BCUT2D eigenvalue weighted by molar-refractivity contribution is 14.0. The number of piperazine rings is 1. The maximum atomic E-state index is 4.41. The number of guanidine groups is 1. The van der Waals surface area contributed by atoms with Crippen molar-refractivity contribution in [2.75, 3.05) is 47.3 Å². The Morgan fingerprint density at radius 2 is 1.73 bits per heavy atom. The van der Waals surface area contributed by atoms with E-state index in [0.717, 1.165) is 38.6 Å². The van der Waals surface area contributed by atoms with Crippen molar-refractivity contribution in [3.05, 3.63) is 35.9 Å². The van der Waals surface area contributed by atoms with Crippen molar-refractivity contribution in [1.82, 2.24) is 14.7 Å². The van der Waals surface area contributed by atoms with Gasteiger partial charge in [0.2, 0.25) is 0 Å². The third kappa shape index (κ3) is 4.59. The van der Waals surface area contributed by atoms with Crippen LogP contribution in [0.4, 0.5) is 0 Å². The van der Waals surface area contributed by atoms with Gasteiger partial charge in [0.15, 0.2) is 5.96 Å². The van der Waals surface area contributed by atoms with Crippen LogP contribution < -0.4 is 0 Å².